The molecule has 36 heavy (non-hydrogen) atoms. The molecule has 2 atom stereocenters. The van der Waals surface area contributed by atoms with Crippen molar-refractivity contribution in [2.45, 2.75) is 12.1 Å². The van der Waals surface area contributed by atoms with Gasteiger partial charge in [0, 0.05) is 47.0 Å². The lowest BCUT2D eigenvalue weighted by Crippen LogP contribution is -2.57. The number of carbonyl (C=O) groups is 4. The van der Waals surface area contributed by atoms with Gasteiger partial charge in [0.05, 0.1) is 11.4 Å². The molecule has 2 aliphatic rings. The van der Waals surface area contributed by atoms with E-state index in [0.29, 0.717) is 33.6 Å². The van der Waals surface area contributed by atoms with Crippen LogP contribution in [0.4, 0.5) is 11.4 Å². The molecule has 0 saturated carbocycles. The number of pyridine rings is 2. The molecular formula is C28H18N4O4. The molecule has 2 amide bonds. The predicted molar refractivity (Wildman–Crippen MR) is 131 cm³/mol. The average Bonchev–Trinajstić information content (AvgIpc) is 3.39. The molecule has 2 aromatic heterocycles. The van der Waals surface area contributed by atoms with Crippen LogP contribution in [0.15, 0.2) is 97.6 Å². The summed E-state index contributed by atoms with van der Waals surface area (Å²) in [5.74, 6) is -1.71. The summed E-state index contributed by atoms with van der Waals surface area (Å²) in [6.45, 7) is 0. The number of nitrogens with zero attached hydrogens (tertiary/aromatic N) is 4. The maximum atomic E-state index is 13.8. The van der Waals surface area contributed by atoms with Crippen molar-refractivity contribution in [3.8, 4) is 0 Å². The van der Waals surface area contributed by atoms with Crippen LogP contribution in [0, 0.1) is 0 Å². The van der Waals surface area contributed by atoms with E-state index in [1.807, 2.05) is 0 Å². The first-order chi connectivity index (χ1) is 17.6. The van der Waals surface area contributed by atoms with Gasteiger partial charge in [0.2, 0.25) is 0 Å². The van der Waals surface area contributed by atoms with E-state index in [4.69, 9.17) is 0 Å². The fraction of sp³-hybridized carbons (Fsp3) is 0.0714. The Hall–Kier alpha value is -4.98. The monoisotopic (exact) mass is 474 g/mol. The van der Waals surface area contributed by atoms with Crippen LogP contribution in [0.2, 0.25) is 0 Å². The number of hydrogen-bond donors (Lipinski definition) is 0. The van der Waals surface area contributed by atoms with E-state index >= 15 is 0 Å². The molecule has 2 aliphatic heterocycles. The normalized spacial score (nSPS) is 18.2. The molecule has 6 rings (SSSR count). The lowest BCUT2D eigenvalue weighted by Gasteiger charge is -2.33. The highest BCUT2D eigenvalue weighted by atomic mass is 16.2. The number of amides is 2. The van der Waals surface area contributed by atoms with Crippen molar-refractivity contribution in [1.82, 2.24) is 9.97 Å². The van der Waals surface area contributed by atoms with Crippen LogP contribution in [-0.4, -0.2) is 45.4 Å². The summed E-state index contributed by atoms with van der Waals surface area (Å²) in [5.41, 5.74) is 2.07. The Labute approximate surface area is 205 Å². The number of rotatable bonds is 3. The van der Waals surface area contributed by atoms with E-state index in [1.165, 1.54) is 34.6 Å². The minimum Gasteiger partial charge on any atom is -0.294 e. The molecule has 0 aliphatic carbocycles. The van der Waals surface area contributed by atoms with Crippen LogP contribution >= 0.6 is 0 Å². The Bertz CT molecular complexity index is 1420. The third kappa shape index (κ3) is 3.15. The van der Waals surface area contributed by atoms with Crippen molar-refractivity contribution in [3.05, 3.63) is 120 Å². The van der Waals surface area contributed by atoms with Gasteiger partial charge in [0.25, 0.3) is 11.8 Å². The van der Waals surface area contributed by atoms with Crippen molar-refractivity contribution in [2.24, 2.45) is 0 Å². The number of aromatic nitrogens is 2. The van der Waals surface area contributed by atoms with Gasteiger partial charge in [-0.1, -0.05) is 24.3 Å². The highest BCUT2D eigenvalue weighted by Crippen LogP contribution is 2.42. The van der Waals surface area contributed by atoms with Crippen LogP contribution in [0.5, 0.6) is 0 Å². The van der Waals surface area contributed by atoms with Gasteiger partial charge in [-0.05, 0) is 48.5 Å². The van der Waals surface area contributed by atoms with Crippen molar-refractivity contribution < 1.29 is 19.2 Å². The number of benzene rings is 2. The minimum atomic E-state index is -1.24. The Kier molecular flexibility index (Phi) is 5.00. The molecule has 8 nitrogen and oxygen atoms in total. The molecule has 4 heterocycles. The summed E-state index contributed by atoms with van der Waals surface area (Å²) in [7, 11) is 0. The van der Waals surface area contributed by atoms with E-state index in [1.54, 1.807) is 72.8 Å². The summed E-state index contributed by atoms with van der Waals surface area (Å²) in [6.07, 6.45) is 5.95. The standard InChI is InChI=1S/C28H18N4O4/c33-25-19-5-1-3-7-21(19)31(27(35)17-9-13-29-14-10-17)23(25)24-26(34)20-6-2-4-8-22(20)32(24)28(36)18-11-15-30-16-12-18/h1-16,23-24H. The zero-order valence-electron chi connectivity index (χ0n) is 18.8. The summed E-state index contributed by atoms with van der Waals surface area (Å²) in [6, 6.07) is 17.2. The van der Waals surface area contributed by atoms with Crippen molar-refractivity contribution in [3.63, 3.8) is 0 Å². The van der Waals surface area contributed by atoms with Crippen LogP contribution in [-0.2, 0) is 0 Å². The highest BCUT2D eigenvalue weighted by Gasteiger charge is 2.54. The summed E-state index contributed by atoms with van der Waals surface area (Å²) < 4.78 is 0. The van der Waals surface area contributed by atoms with Crippen LogP contribution < -0.4 is 9.80 Å². The zero-order valence-corrected chi connectivity index (χ0v) is 18.8. The molecule has 0 radical (unpaired) electrons. The van der Waals surface area contributed by atoms with Gasteiger partial charge >= 0.3 is 0 Å². The van der Waals surface area contributed by atoms with Crippen molar-refractivity contribution in [2.75, 3.05) is 9.80 Å². The number of Topliss-reactive ketones (excluding diaryl/α,β-unsaturated/α-hetero) is 2. The summed E-state index contributed by atoms with van der Waals surface area (Å²) >= 11 is 0. The molecule has 0 spiro atoms. The van der Waals surface area contributed by atoms with E-state index in [0.717, 1.165) is 0 Å². The van der Waals surface area contributed by atoms with E-state index in [2.05, 4.69) is 9.97 Å². The molecule has 0 N–H and O–H groups in total. The fourth-order valence-electron chi connectivity index (χ4n) is 4.94. The molecule has 0 bridgehead atoms. The third-order valence-electron chi connectivity index (χ3n) is 6.54. The Balaban J connectivity index is 1.53. The first-order valence-electron chi connectivity index (χ1n) is 11.3. The number of fused-ring (bicyclic) bond motifs is 2. The maximum Gasteiger partial charge on any atom is 0.259 e. The van der Waals surface area contributed by atoms with Gasteiger partial charge in [0.1, 0.15) is 12.1 Å². The second-order valence-corrected chi connectivity index (χ2v) is 8.47. The zero-order chi connectivity index (χ0) is 24.8. The van der Waals surface area contributed by atoms with Crippen LogP contribution in [0.1, 0.15) is 41.4 Å². The molecule has 4 aromatic rings. The Morgan fingerprint density at radius 3 is 1.31 bits per heavy atom. The van der Waals surface area contributed by atoms with Gasteiger partial charge in [0.15, 0.2) is 11.6 Å². The molecule has 0 fully saturated rings. The SMILES string of the molecule is O=C1c2ccccc2N(C(=O)c2ccncc2)C1C1C(=O)c2ccccc2N1C(=O)c1ccncc1. The van der Waals surface area contributed by atoms with E-state index in [9.17, 15) is 19.2 Å². The first-order valence-corrected chi connectivity index (χ1v) is 11.3. The number of ketones is 2. The largest absolute Gasteiger partial charge is 0.294 e. The second kappa shape index (κ2) is 8.35. The molecular weight excluding hydrogens is 456 g/mol. The van der Waals surface area contributed by atoms with Gasteiger partial charge in [-0.25, -0.2) is 0 Å². The Morgan fingerprint density at radius 1 is 0.556 bits per heavy atom. The van der Waals surface area contributed by atoms with Crippen molar-refractivity contribution >= 4 is 34.8 Å². The minimum absolute atomic E-state index is 0.314. The highest BCUT2D eigenvalue weighted by molar-refractivity contribution is 6.28. The van der Waals surface area contributed by atoms with E-state index in [-0.39, 0.29) is 0 Å². The Morgan fingerprint density at radius 2 is 0.917 bits per heavy atom. The van der Waals surface area contributed by atoms with Gasteiger partial charge in [-0.2, -0.15) is 0 Å². The smallest absolute Gasteiger partial charge is 0.259 e. The topological polar surface area (TPSA) is 101 Å². The van der Waals surface area contributed by atoms with Crippen LogP contribution in [0.3, 0.4) is 0 Å². The molecule has 0 saturated heterocycles. The number of hydrogen-bond acceptors (Lipinski definition) is 6. The lowest BCUT2D eigenvalue weighted by molar-refractivity contribution is 0.0833. The number of anilines is 2. The molecule has 2 aromatic carbocycles. The first kappa shape index (κ1) is 21.5. The predicted octanol–water partition coefficient (Wildman–Crippen LogP) is 3.60. The third-order valence-corrected chi connectivity index (χ3v) is 6.54. The molecule has 2 unspecified atom stereocenters. The maximum absolute atomic E-state index is 13.8. The number of para-hydroxylation sites is 2. The van der Waals surface area contributed by atoms with Gasteiger partial charge in [-0.3, -0.25) is 38.9 Å². The van der Waals surface area contributed by atoms with Crippen LogP contribution in [0.25, 0.3) is 0 Å². The molecule has 174 valence electrons. The summed E-state index contributed by atoms with van der Waals surface area (Å²) in [5, 5.41) is 0. The van der Waals surface area contributed by atoms with Crippen molar-refractivity contribution in [1.29, 1.82) is 0 Å². The number of carbonyl (C=O) groups excluding carboxylic acids is 4. The molecule has 8 heteroatoms. The second-order valence-electron chi connectivity index (χ2n) is 8.47. The summed E-state index contributed by atoms with van der Waals surface area (Å²) in [4.78, 5) is 65.8. The average molecular weight is 474 g/mol. The van der Waals surface area contributed by atoms with Gasteiger partial charge in [-0.15, -0.1) is 0 Å². The fourth-order valence-corrected chi connectivity index (χ4v) is 4.94. The lowest BCUT2D eigenvalue weighted by atomic mass is 9.96. The van der Waals surface area contributed by atoms with Gasteiger partial charge < -0.3 is 0 Å². The quantitative estimate of drug-likeness (QED) is 0.450. The van der Waals surface area contributed by atoms with E-state index < -0.39 is 35.5 Å².